The van der Waals surface area contributed by atoms with E-state index in [0.717, 1.165) is 40.5 Å². The third-order valence-corrected chi connectivity index (χ3v) is 4.12. The number of anilines is 1. The molecule has 0 fully saturated rings. The van der Waals surface area contributed by atoms with Crippen molar-refractivity contribution >= 4 is 33.5 Å². The van der Waals surface area contributed by atoms with E-state index in [-0.39, 0.29) is 0 Å². The molecule has 3 nitrogen and oxygen atoms in total. The van der Waals surface area contributed by atoms with Gasteiger partial charge >= 0.3 is 0 Å². The molecule has 0 aliphatic carbocycles. The SMILES string of the molecule is CCNc1nc(CSC(C)C)nc(CC)c1Br. The molecule has 96 valence electrons. The molecule has 0 atom stereocenters. The van der Waals surface area contributed by atoms with E-state index in [2.05, 4.69) is 58.9 Å². The lowest BCUT2D eigenvalue weighted by atomic mass is 10.3. The summed E-state index contributed by atoms with van der Waals surface area (Å²) in [6.07, 6.45) is 0.918. The summed E-state index contributed by atoms with van der Waals surface area (Å²) in [5.41, 5.74) is 1.08. The van der Waals surface area contributed by atoms with E-state index in [0.29, 0.717) is 5.25 Å². The highest BCUT2D eigenvalue weighted by molar-refractivity contribution is 9.10. The van der Waals surface area contributed by atoms with Gasteiger partial charge in [0.05, 0.1) is 15.9 Å². The van der Waals surface area contributed by atoms with Gasteiger partial charge in [0.15, 0.2) is 0 Å². The molecule has 0 aliphatic heterocycles. The first-order chi connectivity index (χ1) is 8.08. The van der Waals surface area contributed by atoms with Gasteiger partial charge in [0.25, 0.3) is 0 Å². The van der Waals surface area contributed by atoms with Crippen LogP contribution in [0.4, 0.5) is 5.82 Å². The number of rotatable bonds is 6. The highest BCUT2D eigenvalue weighted by Crippen LogP contribution is 2.25. The highest BCUT2D eigenvalue weighted by Gasteiger charge is 2.10. The molecular formula is C12H20BrN3S. The number of nitrogens with zero attached hydrogens (tertiary/aromatic N) is 2. The van der Waals surface area contributed by atoms with E-state index < -0.39 is 0 Å². The standard InChI is InChI=1S/C12H20BrN3S/c1-5-9-11(13)12(14-6-2)16-10(15-9)7-17-8(3)4/h8H,5-7H2,1-4H3,(H,14,15,16). The first-order valence-electron chi connectivity index (χ1n) is 5.99. The van der Waals surface area contributed by atoms with Gasteiger partial charge in [0.2, 0.25) is 0 Å². The van der Waals surface area contributed by atoms with Gasteiger partial charge in [-0.1, -0.05) is 20.8 Å². The lowest BCUT2D eigenvalue weighted by Crippen LogP contribution is -2.07. The van der Waals surface area contributed by atoms with Crippen LogP contribution < -0.4 is 5.32 Å². The number of hydrogen-bond acceptors (Lipinski definition) is 4. The molecule has 17 heavy (non-hydrogen) atoms. The fourth-order valence-electron chi connectivity index (χ4n) is 1.37. The largest absolute Gasteiger partial charge is 0.369 e. The van der Waals surface area contributed by atoms with E-state index >= 15 is 0 Å². The van der Waals surface area contributed by atoms with E-state index in [1.54, 1.807) is 0 Å². The summed E-state index contributed by atoms with van der Waals surface area (Å²) < 4.78 is 1.00. The molecular weight excluding hydrogens is 298 g/mol. The van der Waals surface area contributed by atoms with Crippen molar-refractivity contribution in [2.45, 2.75) is 45.1 Å². The average molecular weight is 318 g/mol. The summed E-state index contributed by atoms with van der Waals surface area (Å²) in [5.74, 6) is 2.70. The van der Waals surface area contributed by atoms with Crippen LogP contribution in [0.25, 0.3) is 0 Å². The molecule has 1 N–H and O–H groups in total. The van der Waals surface area contributed by atoms with Crippen LogP contribution in [-0.4, -0.2) is 21.8 Å². The molecule has 1 rings (SSSR count). The topological polar surface area (TPSA) is 37.8 Å². The van der Waals surface area contributed by atoms with Crippen LogP contribution in [0.3, 0.4) is 0 Å². The zero-order valence-corrected chi connectivity index (χ0v) is 13.3. The summed E-state index contributed by atoms with van der Waals surface area (Å²) in [7, 11) is 0. The third kappa shape index (κ3) is 4.47. The summed E-state index contributed by atoms with van der Waals surface area (Å²) in [6, 6.07) is 0. The van der Waals surface area contributed by atoms with Crippen molar-refractivity contribution in [1.82, 2.24) is 9.97 Å². The van der Waals surface area contributed by atoms with Crippen LogP contribution in [0.15, 0.2) is 4.47 Å². The fourth-order valence-corrected chi connectivity index (χ4v) is 2.58. The molecule has 0 radical (unpaired) electrons. The maximum Gasteiger partial charge on any atom is 0.144 e. The smallest absolute Gasteiger partial charge is 0.144 e. The lowest BCUT2D eigenvalue weighted by molar-refractivity contribution is 0.922. The second kappa shape index (κ2) is 7.21. The van der Waals surface area contributed by atoms with Gasteiger partial charge in [0, 0.05) is 6.54 Å². The summed E-state index contributed by atoms with van der Waals surface area (Å²) in [4.78, 5) is 9.14. The van der Waals surface area contributed by atoms with Gasteiger partial charge in [-0.15, -0.1) is 0 Å². The molecule has 0 aromatic carbocycles. The molecule has 1 aromatic heterocycles. The lowest BCUT2D eigenvalue weighted by Gasteiger charge is -2.11. The molecule has 0 spiro atoms. The van der Waals surface area contributed by atoms with Gasteiger partial charge in [-0.25, -0.2) is 9.97 Å². The van der Waals surface area contributed by atoms with Crippen molar-refractivity contribution in [3.63, 3.8) is 0 Å². The second-order valence-electron chi connectivity index (χ2n) is 3.99. The van der Waals surface area contributed by atoms with Gasteiger partial charge in [-0.2, -0.15) is 11.8 Å². The van der Waals surface area contributed by atoms with Crippen molar-refractivity contribution in [1.29, 1.82) is 0 Å². The third-order valence-electron chi connectivity index (χ3n) is 2.19. The van der Waals surface area contributed by atoms with Gasteiger partial charge in [-0.3, -0.25) is 0 Å². The Morgan fingerprint density at radius 2 is 2.00 bits per heavy atom. The number of thioether (sulfide) groups is 1. The van der Waals surface area contributed by atoms with Crippen molar-refractivity contribution in [3.05, 3.63) is 16.0 Å². The van der Waals surface area contributed by atoms with Crippen LogP contribution in [0.1, 0.15) is 39.2 Å². The van der Waals surface area contributed by atoms with Crippen molar-refractivity contribution in [2.24, 2.45) is 0 Å². The predicted octanol–water partition coefficient (Wildman–Crippen LogP) is 3.87. The minimum Gasteiger partial charge on any atom is -0.369 e. The molecule has 0 aliphatic rings. The summed E-state index contributed by atoms with van der Waals surface area (Å²) in [5, 5.41) is 3.88. The summed E-state index contributed by atoms with van der Waals surface area (Å²) >= 11 is 5.43. The van der Waals surface area contributed by atoms with Crippen molar-refractivity contribution in [2.75, 3.05) is 11.9 Å². The monoisotopic (exact) mass is 317 g/mol. The van der Waals surface area contributed by atoms with E-state index in [1.807, 2.05) is 11.8 Å². The minimum atomic E-state index is 0.606. The first-order valence-corrected chi connectivity index (χ1v) is 7.83. The molecule has 1 heterocycles. The molecule has 0 unspecified atom stereocenters. The highest BCUT2D eigenvalue weighted by atomic mass is 79.9. The quantitative estimate of drug-likeness (QED) is 0.864. The van der Waals surface area contributed by atoms with E-state index in [9.17, 15) is 0 Å². The Balaban J connectivity index is 2.94. The Labute approximate surface area is 116 Å². The number of halogens is 1. The van der Waals surface area contributed by atoms with Crippen molar-refractivity contribution in [3.8, 4) is 0 Å². The van der Waals surface area contributed by atoms with Crippen LogP contribution in [0.5, 0.6) is 0 Å². The van der Waals surface area contributed by atoms with Crippen LogP contribution in [0.2, 0.25) is 0 Å². The normalized spacial score (nSPS) is 10.9. The maximum atomic E-state index is 4.59. The first kappa shape index (κ1) is 14.8. The Morgan fingerprint density at radius 1 is 1.29 bits per heavy atom. The van der Waals surface area contributed by atoms with Crippen molar-refractivity contribution < 1.29 is 0 Å². The fraction of sp³-hybridized carbons (Fsp3) is 0.667. The Morgan fingerprint density at radius 3 is 2.53 bits per heavy atom. The second-order valence-corrected chi connectivity index (χ2v) is 6.35. The molecule has 1 aromatic rings. The average Bonchev–Trinajstić information content (AvgIpc) is 2.30. The molecule has 0 bridgehead atoms. The van der Waals surface area contributed by atoms with Crippen LogP contribution in [0, 0.1) is 0 Å². The Hall–Kier alpha value is -0.290. The predicted molar refractivity (Wildman–Crippen MR) is 79.7 cm³/mol. The molecule has 5 heteroatoms. The number of aryl methyl sites for hydroxylation is 1. The van der Waals surface area contributed by atoms with E-state index in [1.165, 1.54) is 0 Å². The number of hydrogen-bond donors (Lipinski definition) is 1. The molecule has 0 saturated heterocycles. The van der Waals surface area contributed by atoms with Crippen LogP contribution >= 0.6 is 27.7 Å². The Kier molecular flexibility index (Phi) is 6.27. The number of aromatic nitrogens is 2. The molecule has 0 saturated carbocycles. The Bertz CT molecular complexity index is 369. The summed E-state index contributed by atoms with van der Waals surface area (Å²) in [6.45, 7) is 9.44. The maximum absolute atomic E-state index is 4.59. The van der Waals surface area contributed by atoms with Gasteiger partial charge in [-0.05, 0) is 34.5 Å². The minimum absolute atomic E-state index is 0.606. The van der Waals surface area contributed by atoms with Gasteiger partial charge in [0.1, 0.15) is 11.6 Å². The molecule has 0 amide bonds. The van der Waals surface area contributed by atoms with Crippen LogP contribution in [-0.2, 0) is 12.2 Å². The zero-order valence-electron chi connectivity index (χ0n) is 10.9. The number of nitrogens with one attached hydrogen (secondary N) is 1. The van der Waals surface area contributed by atoms with E-state index in [4.69, 9.17) is 0 Å². The zero-order chi connectivity index (χ0) is 12.8. The van der Waals surface area contributed by atoms with Gasteiger partial charge < -0.3 is 5.32 Å².